The molecule has 0 aliphatic rings. The number of aryl methyl sites for hydroxylation is 1. The zero-order valence-corrected chi connectivity index (χ0v) is 14.3. The molecule has 0 radical (unpaired) electrons. The quantitative estimate of drug-likeness (QED) is 0.563. The van der Waals surface area contributed by atoms with Crippen molar-refractivity contribution in [2.24, 2.45) is 0 Å². The molecule has 0 aliphatic carbocycles. The molecule has 0 spiro atoms. The van der Waals surface area contributed by atoms with Crippen molar-refractivity contribution in [1.29, 1.82) is 0 Å². The second kappa shape index (κ2) is 11.4. The van der Waals surface area contributed by atoms with E-state index in [2.05, 4.69) is 23.4 Å². The average Bonchev–Trinajstić information content (AvgIpc) is 2.03. The molecule has 2 unspecified atom stereocenters. The van der Waals surface area contributed by atoms with Crippen molar-refractivity contribution >= 4 is 65.4 Å². The van der Waals surface area contributed by atoms with E-state index in [9.17, 15) is 18.9 Å². The van der Waals surface area contributed by atoms with Gasteiger partial charge in [-0.25, -0.2) is 0 Å². The normalized spacial score (nSPS) is 10.3. The molecule has 5 nitrogen and oxygen atoms in total. The molecule has 0 aromatic heterocycles. The Labute approximate surface area is 130 Å². The summed E-state index contributed by atoms with van der Waals surface area (Å²) in [4.78, 5) is 18.5. The molecule has 0 heterocycles. The van der Waals surface area contributed by atoms with Gasteiger partial charge in [-0.2, -0.15) is 0 Å². The van der Waals surface area contributed by atoms with Crippen molar-refractivity contribution in [2.75, 3.05) is 0 Å². The van der Waals surface area contributed by atoms with Crippen LogP contribution in [0.25, 0.3) is 0 Å². The van der Waals surface area contributed by atoms with Crippen molar-refractivity contribution in [3.63, 3.8) is 0 Å². The van der Waals surface area contributed by atoms with Gasteiger partial charge in [0.25, 0.3) is 0 Å². The fraction of sp³-hybridized carbons (Fsp3) is 0.143. The first-order valence-electron chi connectivity index (χ1n) is 3.51. The fourth-order valence-corrected chi connectivity index (χ4v) is 1.02. The minimum atomic E-state index is -3.24. The summed E-state index contributed by atoms with van der Waals surface area (Å²) in [7, 11) is -6.47. The number of rotatable bonds is 2. The first-order valence-corrected chi connectivity index (χ1v) is 5.70. The predicted octanol–water partition coefficient (Wildman–Crippen LogP) is 0.653. The van der Waals surface area contributed by atoms with Gasteiger partial charge in [-0.3, -0.25) is 0 Å². The predicted molar refractivity (Wildman–Crippen MR) is 53.2 cm³/mol. The topological polar surface area (TPSA) is 89.5 Å². The molecule has 15 heavy (non-hydrogen) atoms. The molecule has 0 bridgehead atoms. The Kier molecular flexibility index (Phi) is 13.8. The van der Waals surface area contributed by atoms with Crippen LogP contribution in [0.4, 0.5) is 0 Å². The summed E-state index contributed by atoms with van der Waals surface area (Å²) in [5, 5.41) is 0. The van der Waals surface area contributed by atoms with Gasteiger partial charge in [0.1, 0.15) is 4.31 Å². The Morgan fingerprint density at radius 1 is 1.07 bits per heavy atom. The van der Waals surface area contributed by atoms with Crippen LogP contribution in [0.3, 0.4) is 0 Å². The van der Waals surface area contributed by atoms with Crippen molar-refractivity contribution in [1.82, 2.24) is 0 Å². The van der Waals surface area contributed by atoms with Crippen molar-refractivity contribution in [3.05, 3.63) is 35.9 Å². The van der Waals surface area contributed by atoms with Crippen LogP contribution < -0.4 is 9.79 Å². The van der Waals surface area contributed by atoms with Crippen molar-refractivity contribution in [2.45, 2.75) is 6.92 Å². The molecule has 0 aliphatic heterocycles. The van der Waals surface area contributed by atoms with E-state index in [1.54, 1.807) is 0 Å². The van der Waals surface area contributed by atoms with Gasteiger partial charge in [-0.15, -0.1) is 0 Å². The zero-order valence-electron chi connectivity index (χ0n) is 8.03. The first kappa shape index (κ1) is 18.2. The minimum Gasteiger partial charge on any atom is -0.563 e. The molecule has 1 rings (SSSR count). The molecule has 8 heteroatoms. The molecule has 0 saturated carbocycles. The second-order valence-electron chi connectivity index (χ2n) is 2.18. The SMILES string of the molecule is Cc1ccccc1.O=[P+]([O-])O[P+](=O)[O-].[Ba+2]. The van der Waals surface area contributed by atoms with E-state index in [0.717, 1.165) is 0 Å². The van der Waals surface area contributed by atoms with Crippen LogP contribution >= 0.6 is 16.5 Å². The average molecular weight is 371 g/mol. The van der Waals surface area contributed by atoms with Gasteiger partial charge in [0, 0.05) is 0 Å². The number of hydrogen-bond acceptors (Lipinski definition) is 5. The van der Waals surface area contributed by atoms with Crippen LogP contribution in [0.2, 0.25) is 0 Å². The molecule has 1 aromatic carbocycles. The summed E-state index contributed by atoms with van der Waals surface area (Å²) in [6.45, 7) is 2.08. The monoisotopic (exact) mass is 372 g/mol. The molecule has 1 aromatic rings. The zero-order chi connectivity index (χ0) is 11.0. The van der Waals surface area contributed by atoms with Crippen molar-refractivity contribution in [3.8, 4) is 0 Å². The maximum atomic E-state index is 9.24. The molecule has 0 fully saturated rings. The standard InChI is InChI=1S/C7H8.Ba.O5P2/c1-7-5-3-2-4-6-7;;1-6(2)5-7(3)4/h2-6H,1H3;;/q;+2;. The molecular formula is C7H8BaO5P2+2. The molecule has 0 amide bonds. The fourth-order valence-electron chi connectivity index (χ4n) is 0.589. The number of benzene rings is 1. The third kappa shape index (κ3) is 14.9. The van der Waals surface area contributed by atoms with Crippen LogP contribution in [-0.2, 0) is 13.4 Å². The smallest absolute Gasteiger partial charge is 0.563 e. The van der Waals surface area contributed by atoms with E-state index < -0.39 is 16.5 Å². The summed E-state index contributed by atoms with van der Waals surface area (Å²) in [6, 6.07) is 10.3. The summed E-state index contributed by atoms with van der Waals surface area (Å²) in [5.74, 6) is 0. The van der Waals surface area contributed by atoms with E-state index in [-0.39, 0.29) is 48.9 Å². The Balaban J connectivity index is 0. The van der Waals surface area contributed by atoms with E-state index >= 15 is 0 Å². The van der Waals surface area contributed by atoms with Gasteiger partial charge in [0.2, 0.25) is 0 Å². The van der Waals surface area contributed by atoms with E-state index in [1.165, 1.54) is 5.56 Å². The van der Waals surface area contributed by atoms with Crippen LogP contribution in [0.5, 0.6) is 0 Å². The molecule has 76 valence electrons. The van der Waals surface area contributed by atoms with Gasteiger partial charge >= 0.3 is 65.4 Å². The second-order valence-corrected chi connectivity index (χ2v) is 3.73. The molecule has 0 saturated heterocycles. The molecular weight excluding hydrogens is 363 g/mol. The van der Waals surface area contributed by atoms with Gasteiger partial charge < -0.3 is 9.79 Å². The van der Waals surface area contributed by atoms with E-state index in [1.807, 2.05) is 18.2 Å². The third-order valence-corrected chi connectivity index (χ3v) is 2.14. The van der Waals surface area contributed by atoms with Crippen molar-refractivity contribution < 1.29 is 23.2 Å². The summed E-state index contributed by atoms with van der Waals surface area (Å²) >= 11 is 0. The Morgan fingerprint density at radius 3 is 1.60 bits per heavy atom. The molecule has 0 N–H and O–H groups in total. The van der Waals surface area contributed by atoms with Crippen LogP contribution in [0.15, 0.2) is 30.3 Å². The minimum absolute atomic E-state index is 0. The largest absolute Gasteiger partial charge is 2.00 e. The van der Waals surface area contributed by atoms with Gasteiger partial charge in [-0.05, 0) is 16.1 Å². The summed E-state index contributed by atoms with van der Waals surface area (Å²) in [5.41, 5.74) is 1.32. The number of hydrogen-bond donors (Lipinski definition) is 0. The van der Waals surface area contributed by atoms with E-state index in [0.29, 0.717) is 0 Å². The van der Waals surface area contributed by atoms with Gasteiger partial charge in [-0.1, -0.05) is 35.9 Å². The van der Waals surface area contributed by atoms with Gasteiger partial charge in [0.15, 0.2) is 0 Å². The first-order chi connectivity index (χ1) is 6.52. The Hall–Kier alpha value is 0.871. The Morgan fingerprint density at radius 2 is 1.47 bits per heavy atom. The van der Waals surface area contributed by atoms with Crippen LogP contribution in [0.1, 0.15) is 5.56 Å². The molecule has 2 atom stereocenters. The van der Waals surface area contributed by atoms with E-state index in [4.69, 9.17) is 0 Å². The maximum Gasteiger partial charge on any atom is 2.00 e. The van der Waals surface area contributed by atoms with Crippen LogP contribution in [-0.4, -0.2) is 48.9 Å². The third-order valence-electron chi connectivity index (χ3n) is 1.07. The van der Waals surface area contributed by atoms with Crippen LogP contribution in [0, 0.1) is 6.92 Å². The Bertz CT molecular complexity index is 294. The maximum absolute atomic E-state index is 9.24. The summed E-state index contributed by atoms with van der Waals surface area (Å²) < 4.78 is 21.6. The summed E-state index contributed by atoms with van der Waals surface area (Å²) in [6.07, 6.45) is 0. The van der Waals surface area contributed by atoms with Gasteiger partial charge in [0.05, 0.1) is 0 Å².